The molecule has 0 aliphatic carbocycles. The predicted molar refractivity (Wildman–Crippen MR) is 87.8 cm³/mol. The van der Waals surface area contributed by atoms with Crippen LogP contribution in [0.4, 0.5) is 5.69 Å². The van der Waals surface area contributed by atoms with Crippen LogP contribution in [0.3, 0.4) is 0 Å². The molecule has 0 saturated heterocycles. The first-order chi connectivity index (χ1) is 10.6. The summed E-state index contributed by atoms with van der Waals surface area (Å²) in [5, 5.41) is 3.39. The number of nitrogens with one attached hydrogen (secondary N) is 1. The van der Waals surface area contributed by atoms with E-state index in [0.29, 0.717) is 17.3 Å². The van der Waals surface area contributed by atoms with E-state index in [1.54, 1.807) is 24.3 Å². The number of amides is 2. The minimum absolute atomic E-state index is 0.0240. The second kappa shape index (κ2) is 7.61. The minimum Gasteiger partial charge on any atom is -0.350 e. The van der Waals surface area contributed by atoms with E-state index in [2.05, 4.69) is 5.32 Å². The zero-order chi connectivity index (χ0) is 15.9. The van der Waals surface area contributed by atoms with Gasteiger partial charge < -0.3 is 10.2 Å². The third kappa shape index (κ3) is 4.60. The van der Waals surface area contributed by atoms with Gasteiger partial charge in [-0.2, -0.15) is 0 Å². The summed E-state index contributed by atoms with van der Waals surface area (Å²) in [7, 11) is 0. The smallest absolute Gasteiger partial charge is 0.240 e. The maximum absolute atomic E-state index is 12.0. The fraction of sp³-hybridized carbons (Fsp3) is 0.176. The van der Waals surface area contributed by atoms with Crippen LogP contribution in [-0.4, -0.2) is 18.4 Å². The van der Waals surface area contributed by atoms with Gasteiger partial charge in [0.15, 0.2) is 0 Å². The van der Waals surface area contributed by atoms with E-state index in [4.69, 9.17) is 11.6 Å². The van der Waals surface area contributed by atoms with Gasteiger partial charge in [0.25, 0.3) is 0 Å². The summed E-state index contributed by atoms with van der Waals surface area (Å²) in [5.41, 5.74) is 1.66. The van der Waals surface area contributed by atoms with Crippen molar-refractivity contribution in [2.75, 3.05) is 11.4 Å². The van der Waals surface area contributed by atoms with Gasteiger partial charge in [0, 0.05) is 24.2 Å². The monoisotopic (exact) mass is 316 g/mol. The highest BCUT2D eigenvalue weighted by molar-refractivity contribution is 6.30. The zero-order valence-electron chi connectivity index (χ0n) is 12.3. The van der Waals surface area contributed by atoms with Crippen LogP contribution in [0.1, 0.15) is 12.5 Å². The number of halogens is 1. The highest BCUT2D eigenvalue weighted by Crippen LogP contribution is 2.18. The normalized spacial score (nSPS) is 10.1. The lowest BCUT2D eigenvalue weighted by Crippen LogP contribution is -2.39. The Morgan fingerprint density at radius 2 is 1.68 bits per heavy atom. The molecule has 0 fully saturated rings. The van der Waals surface area contributed by atoms with E-state index in [1.807, 2.05) is 30.3 Å². The van der Waals surface area contributed by atoms with Gasteiger partial charge in [0.05, 0.1) is 0 Å². The molecule has 0 saturated carbocycles. The first-order valence-electron chi connectivity index (χ1n) is 6.90. The molecule has 2 aromatic carbocycles. The molecule has 22 heavy (non-hydrogen) atoms. The summed E-state index contributed by atoms with van der Waals surface area (Å²) in [4.78, 5) is 25.2. The van der Waals surface area contributed by atoms with Crippen LogP contribution in [0.15, 0.2) is 54.6 Å². The first-order valence-corrected chi connectivity index (χ1v) is 7.28. The van der Waals surface area contributed by atoms with Crippen LogP contribution in [0.25, 0.3) is 0 Å². The largest absolute Gasteiger partial charge is 0.350 e. The number of hydrogen-bond donors (Lipinski definition) is 1. The lowest BCUT2D eigenvalue weighted by Gasteiger charge is -2.20. The molecule has 0 radical (unpaired) electrons. The van der Waals surface area contributed by atoms with Gasteiger partial charge in [-0.25, -0.2) is 0 Å². The summed E-state index contributed by atoms with van der Waals surface area (Å²) in [5.74, 6) is -0.411. The van der Waals surface area contributed by atoms with E-state index in [0.717, 1.165) is 5.56 Å². The van der Waals surface area contributed by atoms with E-state index < -0.39 is 0 Å². The average Bonchev–Trinajstić information content (AvgIpc) is 2.52. The SMILES string of the molecule is CC(=O)N(CC(=O)NCc1ccccc1)c1ccc(Cl)cc1. The van der Waals surface area contributed by atoms with Crippen LogP contribution in [0.2, 0.25) is 5.02 Å². The maximum atomic E-state index is 12.0. The van der Waals surface area contributed by atoms with E-state index >= 15 is 0 Å². The Morgan fingerprint density at radius 1 is 1.05 bits per heavy atom. The number of hydrogen-bond acceptors (Lipinski definition) is 2. The Balaban J connectivity index is 1.97. The second-order valence-electron chi connectivity index (χ2n) is 4.84. The third-order valence-electron chi connectivity index (χ3n) is 3.15. The fourth-order valence-electron chi connectivity index (χ4n) is 2.00. The van der Waals surface area contributed by atoms with Crippen LogP contribution in [0.5, 0.6) is 0 Å². The molecule has 0 bridgehead atoms. The molecule has 4 nitrogen and oxygen atoms in total. The predicted octanol–water partition coefficient (Wildman–Crippen LogP) is 3.01. The van der Waals surface area contributed by atoms with E-state index in [9.17, 15) is 9.59 Å². The van der Waals surface area contributed by atoms with Crippen molar-refractivity contribution in [1.29, 1.82) is 0 Å². The van der Waals surface area contributed by atoms with E-state index in [1.165, 1.54) is 11.8 Å². The highest BCUT2D eigenvalue weighted by atomic mass is 35.5. The second-order valence-corrected chi connectivity index (χ2v) is 5.28. The molecule has 0 aromatic heterocycles. The third-order valence-corrected chi connectivity index (χ3v) is 3.40. The summed E-state index contributed by atoms with van der Waals surface area (Å²) in [6.45, 7) is 1.84. The van der Waals surface area contributed by atoms with Gasteiger partial charge in [-0.15, -0.1) is 0 Å². The molecule has 0 heterocycles. The van der Waals surface area contributed by atoms with Crippen molar-refractivity contribution in [3.8, 4) is 0 Å². The number of benzene rings is 2. The molecular weight excluding hydrogens is 300 g/mol. The van der Waals surface area contributed by atoms with Crippen LogP contribution < -0.4 is 10.2 Å². The van der Waals surface area contributed by atoms with Crippen molar-refractivity contribution in [2.24, 2.45) is 0 Å². The number of carbonyl (C=O) groups excluding carboxylic acids is 2. The molecule has 114 valence electrons. The van der Waals surface area contributed by atoms with Crippen molar-refractivity contribution in [3.63, 3.8) is 0 Å². The van der Waals surface area contributed by atoms with Crippen LogP contribution in [0, 0.1) is 0 Å². The summed E-state index contributed by atoms with van der Waals surface area (Å²) in [6, 6.07) is 16.4. The first kappa shape index (κ1) is 16.0. The minimum atomic E-state index is -0.214. The van der Waals surface area contributed by atoms with E-state index in [-0.39, 0.29) is 18.4 Å². The Labute approximate surface area is 134 Å². The van der Waals surface area contributed by atoms with Gasteiger partial charge in [-0.1, -0.05) is 41.9 Å². The fourth-order valence-corrected chi connectivity index (χ4v) is 2.13. The molecule has 5 heteroatoms. The van der Waals surface area contributed by atoms with Crippen molar-refractivity contribution in [1.82, 2.24) is 5.32 Å². The molecule has 0 spiro atoms. The molecular formula is C17H17ClN2O2. The lowest BCUT2D eigenvalue weighted by molar-refractivity contribution is -0.123. The van der Waals surface area contributed by atoms with Crippen LogP contribution >= 0.6 is 11.6 Å². The Hall–Kier alpha value is -2.33. The van der Waals surface area contributed by atoms with Gasteiger partial charge in [-0.05, 0) is 29.8 Å². The quantitative estimate of drug-likeness (QED) is 0.922. The van der Waals surface area contributed by atoms with Crippen molar-refractivity contribution in [3.05, 3.63) is 65.2 Å². The zero-order valence-corrected chi connectivity index (χ0v) is 13.0. The average molecular weight is 317 g/mol. The van der Waals surface area contributed by atoms with Crippen LogP contribution in [-0.2, 0) is 16.1 Å². The lowest BCUT2D eigenvalue weighted by atomic mass is 10.2. The molecule has 0 atom stereocenters. The molecule has 0 aliphatic heterocycles. The number of anilines is 1. The maximum Gasteiger partial charge on any atom is 0.240 e. The Kier molecular flexibility index (Phi) is 5.55. The van der Waals surface area contributed by atoms with Gasteiger partial charge in [0.2, 0.25) is 11.8 Å². The topological polar surface area (TPSA) is 49.4 Å². The summed E-state index contributed by atoms with van der Waals surface area (Å²) < 4.78 is 0. The molecule has 0 unspecified atom stereocenters. The Morgan fingerprint density at radius 3 is 2.27 bits per heavy atom. The van der Waals surface area contributed by atoms with Crippen molar-refractivity contribution in [2.45, 2.75) is 13.5 Å². The van der Waals surface area contributed by atoms with Crippen molar-refractivity contribution < 1.29 is 9.59 Å². The number of carbonyl (C=O) groups is 2. The number of nitrogens with zero attached hydrogens (tertiary/aromatic N) is 1. The van der Waals surface area contributed by atoms with Gasteiger partial charge in [0.1, 0.15) is 6.54 Å². The summed E-state index contributed by atoms with van der Waals surface area (Å²) >= 11 is 5.84. The standard InChI is InChI=1S/C17H17ClN2O2/c1-13(21)20(16-9-7-15(18)8-10-16)12-17(22)19-11-14-5-3-2-4-6-14/h2-10H,11-12H2,1H3,(H,19,22). The molecule has 2 amide bonds. The molecule has 1 N–H and O–H groups in total. The Bertz CT molecular complexity index is 641. The highest BCUT2D eigenvalue weighted by Gasteiger charge is 2.15. The van der Waals surface area contributed by atoms with Crippen molar-refractivity contribution >= 4 is 29.1 Å². The number of rotatable bonds is 5. The van der Waals surface area contributed by atoms with Gasteiger partial charge in [-0.3, -0.25) is 9.59 Å². The van der Waals surface area contributed by atoms with Gasteiger partial charge >= 0.3 is 0 Å². The molecule has 0 aliphatic rings. The molecule has 2 aromatic rings. The summed E-state index contributed by atoms with van der Waals surface area (Å²) in [6.07, 6.45) is 0. The molecule has 2 rings (SSSR count).